The molecule has 172 valence electrons. The quantitative estimate of drug-likeness (QED) is 0.560. The zero-order valence-electron chi connectivity index (χ0n) is 19.0. The van der Waals surface area contributed by atoms with Crippen molar-refractivity contribution in [3.05, 3.63) is 74.0 Å². The molecule has 0 aliphatic carbocycles. The summed E-state index contributed by atoms with van der Waals surface area (Å²) in [5.74, 6) is 0.914. The molecule has 5 rings (SSSR count). The van der Waals surface area contributed by atoms with Crippen LogP contribution in [0.15, 0.2) is 50.4 Å². The number of rotatable bonds is 5. The van der Waals surface area contributed by atoms with Crippen LogP contribution in [0.25, 0.3) is 11.0 Å². The van der Waals surface area contributed by atoms with Gasteiger partial charge in [0.05, 0.1) is 0 Å². The van der Waals surface area contributed by atoms with Crippen molar-refractivity contribution < 1.29 is 13.9 Å². The number of aryl methyl sites for hydroxylation is 2. The van der Waals surface area contributed by atoms with Gasteiger partial charge in [-0.05, 0) is 49.4 Å². The highest BCUT2D eigenvalue weighted by molar-refractivity contribution is 5.85. The molecule has 2 aromatic heterocycles. The molecule has 7 nitrogen and oxygen atoms in total. The number of fused-ring (bicyclic) bond motifs is 5. The van der Waals surface area contributed by atoms with E-state index in [0.717, 1.165) is 41.5 Å². The third-order valence-corrected chi connectivity index (χ3v) is 6.90. The van der Waals surface area contributed by atoms with Crippen LogP contribution in [0.5, 0.6) is 5.75 Å². The zero-order chi connectivity index (χ0) is 23.1. The first kappa shape index (κ1) is 21.5. The molecule has 0 spiro atoms. The molecule has 0 radical (unpaired) electrons. The lowest BCUT2D eigenvalue weighted by Gasteiger charge is -2.42. The number of ether oxygens (including phenoxy) is 1. The van der Waals surface area contributed by atoms with Gasteiger partial charge in [0, 0.05) is 54.3 Å². The second kappa shape index (κ2) is 8.54. The second-order valence-electron chi connectivity index (χ2n) is 9.19. The van der Waals surface area contributed by atoms with Gasteiger partial charge in [0.2, 0.25) is 0 Å². The molecule has 0 N–H and O–H groups in total. The second-order valence-corrected chi connectivity index (χ2v) is 9.19. The van der Waals surface area contributed by atoms with Crippen molar-refractivity contribution in [2.24, 2.45) is 5.92 Å². The SMILES string of the molecule is CCCc1cc(=O)oc2c(C)c(OCC(=O)N3CC4CC(C3)c3cccc(=O)n3C4)ccc12. The van der Waals surface area contributed by atoms with Crippen molar-refractivity contribution in [3.8, 4) is 5.75 Å². The van der Waals surface area contributed by atoms with E-state index in [4.69, 9.17) is 9.15 Å². The Hall–Kier alpha value is -3.35. The van der Waals surface area contributed by atoms with Gasteiger partial charge in [-0.25, -0.2) is 4.79 Å². The number of pyridine rings is 1. The molecule has 1 fully saturated rings. The summed E-state index contributed by atoms with van der Waals surface area (Å²) in [6.45, 7) is 5.72. The van der Waals surface area contributed by atoms with E-state index < -0.39 is 0 Å². The summed E-state index contributed by atoms with van der Waals surface area (Å²) in [6, 6.07) is 10.7. The molecule has 2 aliphatic rings. The normalized spacial score (nSPS) is 19.4. The van der Waals surface area contributed by atoms with Crippen LogP contribution in [0.3, 0.4) is 0 Å². The summed E-state index contributed by atoms with van der Waals surface area (Å²) >= 11 is 0. The summed E-state index contributed by atoms with van der Waals surface area (Å²) in [5.41, 5.74) is 2.88. The predicted octanol–water partition coefficient (Wildman–Crippen LogP) is 3.24. The molecule has 2 aliphatic heterocycles. The number of hydrogen-bond donors (Lipinski definition) is 0. The molecule has 7 heteroatoms. The van der Waals surface area contributed by atoms with E-state index in [9.17, 15) is 14.4 Å². The lowest BCUT2D eigenvalue weighted by molar-refractivity contribution is -0.136. The van der Waals surface area contributed by atoms with Crippen molar-refractivity contribution in [2.45, 2.75) is 45.6 Å². The fourth-order valence-corrected chi connectivity index (χ4v) is 5.37. The number of hydrogen-bond acceptors (Lipinski definition) is 5. The van der Waals surface area contributed by atoms with Gasteiger partial charge in [0.25, 0.3) is 11.5 Å². The van der Waals surface area contributed by atoms with Crippen molar-refractivity contribution >= 4 is 16.9 Å². The maximum atomic E-state index is 13.0. The number of aromatic nitrogens is 1. The van der Waals surface area contributed by atoms with Crippen LogP contribution in [-0.4, -0.2) is 35.1 Å². The van der Waals surface area contributed by atoms with Crippen molar-refractivity contribution in [3.63, 3.8) is 0 Å². The summed E-state index contributed by atoms with van der Waals surface area (Å²) in [4.78, 5) is 39.1. The van der Waals surface area contributed by atoms with Crippen molar-refractivity contribution in [1.82, 2.24) is 9.47 Å². The average molecular weight is 449 g/mol. The molecular weight excluding hydrogens is 420 g/mol. The molecule has 1 aromatic carbocycles. The van der Waals surface area contributed by atoms with E-state index in [2.05, 4.69) is 6.92 Å². The Kier molecular flexibility index (Phi) is 5.56. The molecule has 2 atom stereocenters. The van der Waals surface area contributed by atoms with Gasteiger partial charge in [0.15, 0.2) is 6.61 Å². The molecule has 2 unspecified atom stereocenters. The number of likely N-dealkylation sites (tertiary alicyclic amines) is 1. The number of amides is 1. The first-order valence-electron chi connectivity index (χ1n) is 11.6. The van der Waals surface area contributed by atoms with Gasteiger partial charge in [-0.3, -0.25) is 9.59 Å². The van der Waals surface area contributed by atoms with Crippen LogP contribution in [-0.2, 0) is 17.8 Å². The smallest absolute Gasteiger partial charge is 0.336 e. The van der Waals surface area contributed by atoms with E-state index in [1.165, 1.54) is 0 Å². The summed E-state index contributed by atoms with van der Waals surface area (Å²) < 4.78 is 13.2. The van der Waals surface area contributed by atoms with Crippen molar-refractivity contribution in [2.75, 3.05) is 19.7 Å². The number of carbonyl (C=O) groups is 1. The molecular formula is C26H28N2O5. The van der Waals surface area contributed by atoms with Crippen molar-refractivity contribution in [1.29, 1.82) is 0 Å². The fourth-order valence-electron chi connectivity index (χ4n) is 5.37. The van der Waals surface area contributed by atoms with Gasteiger partial charge in [-0.1, -0.05) is 19.4 Å². The predicted molar refractivity (Wildman–Crippen MR) is 125 cm³/mol. The topological polar surface area (TPSA) is 81.8 Å². The lowest BCUT2D eigenvalue weighted by Crippen LogP contribution is -2.50. The van der Waals surface area contributed by atoms with Gasteiger partial charge in [-0.15, -0.1) is 0 Å². The summed E-state index contributed by atoms with van der Waals surface area (Å²) in [6.07, 6.45) is 2.73. The number of nitrogens with zero attached hydrogens (tertiary/aromatic N) is 2. The van der Waals surface area contributed by atoms with Crippen LogP contribution in [0, 0.1) is 12.8 Å². The monoisotopic (exact) mass is 448 g/mol. The summed E-state index contributed by atoms with van der Waals surface area (Å²) in [5, 5.41) is 0.908. The van der Waals surface area contributed by atoms with Gasteiger partial charge in [0.1, 0.15) is 11.3 Å². The zero-order valence-corrected chi connectivity index (χ0v) is 19.0. The maximum absolute atomic E-state index is 13.0. The minimum atomic E-state index is -0.374. The van der Waals surface area contributed by atoms with E-state index >= 15 is 0 Å². The van der Waals surface area contributed by atoms with Gasteiger partial charge >= 0.3 is 5.63 Å². The highest BCUT2D eigenvalue weighted by Gasteiger charge is 2.36. The Morgan fingerprint density at radius 1 is 1.15 bits per heavy atom. The van der Waals surface area contributed by atoms with Crippen LogP contribution in [0.2, 0.25) is 0 Å². The average Bonchev–Trinajstić information content (AvgIpc) is 2.79. The maximum Gasteiger partial charge on any atom is 0.336 e. The molecule has 3 aromatic rings. The van der Waals surface area contributed by atoms with Gasteiger partial charge in [-0.2, -0.15) is 0 Å². The standard InChI is InChI=1S/C26H28N2O5/c1-3-5-18-11-25(31)33-26-16(2)22(9-8-20(18)26)32-15-24(30)27-12-17-10-19(14-27)21-6-4-7-23(29)28(21)13-17/h4,6-9,11,17,19H,3,5,10,12-15H2,1-2H3. The highest BCUT2D eigenvalue weighted by Crippen LogP contribution is 2.35. The number of benzene rings is 1. The molecule has 0 saturated carbocycles. The largest absolute Gasteiger partial charge is 0.483 e. The molecule has 1 amide bonds. The Labute approximate surface area is 191 Å². The minimum absolute atomic E-state index is 0.0332. The Morgan fingerprint density at radius 3 is 2.82 bits per heavy atom. The van der Waals surface area contributed by atoms with E-state index in [1.807, 2.05) is 34.6 Å². The van der Waals surface area contributed by atoms with E-state index in [1.54, 1.807) is 18.2 Å². The summed E-state index contributed by atoms with van der Waals surface area (Å²) in [7, 11) is 0. The lowest BCUT2D eigenvalue weighted by atomic mass is 9.83. The highest BCUT2D eigenvalue weighted by atomic mass is 16.5. The third-order valence-electron chi connectivity index (χ3n) is 6.90. The third kappa shape index (κ3) is 3.96. The van der Waals surface area contributed by atoms with Crippen LogP contribution in [0.4, 0.5) is 0 Å². The minimum Gasteiger partial charge on any atom is -0.483 e. The first-order chi connectivity index (χ1) is 15.9. The van der Waals surface area contributed by atoms with Crippen LogP contribution >= 0.6 is 0 Å². The Bertz CT molecular complexity index is 1340. The Morgan fingerprint density at radius 2 is 2.00 bits per heavy atom. The molecule has 2 bridgehead atoms. The molecule has 4 heterocycles. The number of piperidine rings is 1. The number of carbonyl (C=O) groups excluding carboxylic acids is 1. The van der Waals surface area contributed by atoms with Crippen LogP contribution in [0.1, 0.15) is 42.5 Å². The molecule has 1 saturated heterocycles. The van der Waals surface area contributed by atoms with Gasteiger partial charge < -0.3 is 18.6 Å². The van der Waals surface area contributed by atoms with E-state index in [-0.39, 0.29) is 35.5 Å². The van der Waals surface area contributed by atoms with E-state index in [0.29, 0.717) is 31.0 Å². The fraction of sp³-hybridized carbons (Fsp3) is 0.423. The Balaban J connectivity index is 1.32. The van der Waals surface area contributed by atoms with Crippen LogP contribution < -0.4 is 15.9 Å². The molecule has 33 heavy (non-hydrogen) atoms. The first-order valence-corrected chi connectivity index (χ1v) is 11.6.